The van der Waals surface area contributed by atoms with Gasteiger partial charge in [0.2, 0.25) is 0 Å². The smallest absolute Gasteiger partial charge is 0.188 e. The van der Waals surface area contributed by atoms with Gasteiger partial charge >= 0.3 is 0 Å². The molecule has 4 nitrogen and oxygen atoms in total. The molecule has 23 heavy (non-hydrogen) atoms. The Labute approximate surface area is 138 Å². The van der Waals surface area contributed by atoms with E-state index >= 15 is 0 Å². The number of nitrogens with one attached hydrogen (secondary N) is 1. The molecule has 1 aromatic carbocycles. The highest BCUT2D eigenvalue weighted by atomic mass is 15.1. The van der Waals surface area contributed by atoms with Crippen molar-refractivity contribution in [3.05, 3.63) is 65.5 Å². The summed E-state index contributed by atoms with van der Waals surface area (Å²) in [6, 6.07) is 14.3. The van der Waals surface area contributed by atoms with E-state index in [2.05, 4.69) is 60.3 Å². The van der Waals surface area contributed by atoms with Crippen LogP contribution in [0.2, 0.25) is 0 Å². The van der Waals surface area contributed by atoms with Crippen molar-refractivity contribution in [2.45, 2.75) is 32.6 Å². The zero-order valence-electron chi connectivity index (χ0n) is 14.2. The molecule has 0 bridgehead atoms. The van der Waals surface area contributed by atoms with Gasteiger partial charge in [-0.3, -0.25) is 9.98 Å². The zero-order valence-corrected chi connectivity index (χ0v) is 14.2. The number of nitrogens with two attached hydrogens (primary N) is 1. The Balaban J connectivity index is 1.87. The second-order valence-electron chi connectivity index (χ2n) is 6.40. The van der Waals surface area contributed by atoms with Crippen molar-refractivity contribution in [2.24, 2.45) is 10.7 Å². The molecule has 0 unspecified atom stereocenters. The molecule has 0 aliphatic rings. The van der Waals surface area contributed by atoms with E-state index in [0.29, 0.717) is 12.5 Å². The molecule has 0 atom stereocenters. The maximum absolute atomic E-state index is 5.98. The van der Waals surface area contributed by atoms with Crippen molar-refractivity contribution in [3.8, 4) is 0 Å². The predicted molar refractivity (Wildman–Crippen MR) is 96.6 cm³/mol. The second-order valence-corrected chi connectivity index (χ2v) is 6.40. The lowest BCUT2D eigenvalue weighted by molar-refractivity contribution is 0.535. The minimum atomic E-state index is -0.0430. The lowest BCUT2D eigenvalue weighted by Crippen LogP contribution is -2.35. The van der Waals surface area contributed by atoms with Gasteiger partial charge in [0.15, 0.2) is 5.96 Å². The number of pyridine rings is 1. The Bertz CT molecular complexity index is 647. The third-order valence-electron chi connectivity index (χ3n) is 3.93. The number of aromatic nitrogens is 1. The molecular weight excluding hydrogens is 284 g/mol. The van der Waals surface area contributed by atoms with E-state index in [1.807, 2.05) is 18.2 Å². The standard InChI is InChI=1S/C19H26N4/c1-15-8-4-5-10-17(15)19(2,3)14-23-18(20)22-13-11-16-9-6-7-12-21-16/h4-10,12H,11,13-14H2,1-3H3,(H3,20,22,23). The van der Waals surface area contributed by atoms with Crippen LogP contribution in [0.1, 0.15) is 30.7 Å². The minimum Gasteiger partial charge on any atom is -0.370 e. The molecule has 0 radical (unpaired) electrons. The number of rotatable bonds is 6. The van der Waals surface area contributed by atoms with Gasteiger partial charge in [0.05, 0.1) is 6.54 Å². The number of hydrogen-bond acceptors (Lipinski definition) is 2. The summed E-state index contributed by atoms with van der Waals surface area (Å²) in [5, 5.41) is 3.16. The van der Waals surface area contributed by atoms with Crippen LogP contribution < -0.4 is 11.1 Å². The maximum atomic E-state index is 5.98. The quantitative estimate of drug-likeness (QED) is 0.637. The third-order valence-corrected chi connectivity index (χ3v) is 3.93. The molecule has 0 fully saturated rings. The van der Waals surface area contributed by atoms with Crippen LogP contribution in [-0.4, -0.2) is 24.0 Å². The fourth-order valence-corrected chi connectivity index (χ4v) is 2.62. The maximum Gasteiger partial charge on any atom is 0.188 e. The molecule has 1 heterocycles. The Morgan fingerprint density at radius 1 is 1.17 bits per heavy atom. The van der Waals surface area contributed by atoms with E-state index < -0.39 is 0 Å². The van der Waals surface area contributed by atoms with E-state index in [4.69, 9.17) is 5.73 Å². The monoisotopic (exact) mass is 310 g/mol. The van der Waals surface area contributed by atoms with Gasteiger partial charge in [0, 0.05) is 30.3 Å². The summed E-state index contributed by atoms with van der Waals surface area (Å²) in [6.07, 6.45) is 2.63. The van der Waals surface area contributed by atoms with Crippen LogP contribution in [-0.2, 0) is 11.8 Å². The summed E-state index contributed by atoms with van der Waals surface area (Å²) >= 11 is 0. The fourth-order valence-electron chi connectivity index (χ4n) is 2.62. The van der Waals surface area contributed by atoms with Crippen LogP contribution in [0.5, 0.6) is 0 Å². The van der Waals surface area contributed by atoms with Gasteiger partial charge in [-0.1, -0.05) is 44.2 Å². The Kier molecular flexibility index (Phi) is 5.74. The molecule has 2 aromatic rings. The summed E-state index contributed by atoms with van der Waals surface area (Å²) in [6.45, 7) is 7.91. The highest BCUT2D eigenvalue weighted by Gasteiger charge is 2.21. The number of aliphatic imine (C=N–C) groups is 1. The first-order valence-electron chi connectivity index (χ1n) is 7.99. The molecule has 3 N–H and O–H groups in total. The molecule has 0 aliphatic carbocycles. The third kappa shape index (κ3) is 5.09. The summed E-state index contributed by atoms with van der Waals surface area (Å²) < 4.78 is 0. The molecule has 4 heteroatoms. The van der Waals surface area contributed by atoms with Crippen molar-refractivity contribution in [2.75, 3.05) is 13.1 Å². The van der Waals surface area contributed by atoms with Gasteiger partial charge < -0.3 is 11.1 Å². The van der Waals surface area contributed by atoms with Crippen LogP contribution in [0.15, 0.2) is 53.7 Å². The number of guanidine groups is 1. The molecule has 0 aliphatic heterocycles. The van der Waals surface area contributed by atoms with Crippen molar-refractivity contribution >= 4 is 5.96 Å². The summed E-state index contributed by atoms with van der Waals surface area (Å²) in [4.78, 5) is 8.80. The first-order valence-corrected chi connectivity index (χ1v) is 7.99. The summed E-state index contributed by atoms with van der Waals surface area (Å²) in [7, 11) is 0. The Hall–Kier alpha value is -2.36. The number of hydrogen-bond donors (Lipinski definition) is 2. The highest BCUT2D eigenvalue weighted by Crippen LogP contribution is 2.26. The molecule has 1 aromatic heterocycles. The number of aryl methyl sites for hydroxylation is 1. The number of benzene rings is 1. The van der Waals surface area contributed by atoms with Crippen LogP contribution in [0.25, 0.3) is 0 Å². The molecule has 0 amide bonds. The van der Waals surface area contributed by atoms with Gasteiger partial charge in [-0.15, -0.1) is 0 Å². The molecule has 0 saturated carbocycles. The largest absolute Gasteiger partial charge is 0.370 e. The van der Waals surface area contributed by atoms with Crippen molar-refractivity contribution in [3.63, 3.8) is 0 Å². The summed E-state index contributed by atoms with van der Waals surface area (Å²) in [5.41, 5.74) is 9.58. The van der Waals surface area contributed by atoms with Crippen LogP contribution in [0.3, 0.4) is 0 Å². The molecule has 0 spiro atoms. The second kappa shape index (κ2) is 7.77. The van der Waals surface area contributed by atoms with E-state index in [0.717, 1.165) is 18.7 Å². The van der Waals surface area contributed by atoms with Gasteiger partial charge in [-0.05, 0) is 30.2 Å². The zero-order chi connectivity index (χ0) is 16.7. The highest BCUT2D eigenvalue weighted by molar-refractivity contribution is 5.77. The minimum absolute atomic E-state index is 0.0430. The normalized spacial score (nSPS) is 12.2. The van der Waals surface area contributed by atoms with E-state index in [-0.39, 0.29) is 5.41 Å². The van der Waals surface area contributed by atoms with Gasteiger partial charge in [-0.25, -0.2) is 0 Å². The summed E-state index contributed by atoms with van der Waals surface area (Å²) in [5.74, 6) is 0.489. The average molecular weight is 310 g/mol. The average Bonchev–Trinajstić information content (AvgIpc) is 2.54. The van der Waals surface area contributed by atoms with Crippen LogP contribution in [0.4, 0.5) is 0 Å². The molecule has 2 rings (SSSR count). The number of nitrogens with zero attached hydrogens (tertiary/aromatic N) is 2. The van der Waals surface area contributed by atoms with E-state index in [9.17, 15) is 0 Å². The van der Waals surface area contributed by atoms with Crippen LogP contribution in [0, 0.1) is 6.92 Å². The van der Waals surface area contributed by atoms with Gasteiger partial charge in [0.25, 0.3) is 0 Å². The van der Waals surface area contributed by atoms with Gasteiger partial charge in [0.1, 0.15) is 0 Å². The van der Waals surface area contributed by atoms with Crippen molar-refractivity contribution in [1.29, 1.82) is 0 Å². The van der Waals surface area contributed by atoms with Gasteiger partial charge in [-0.2, -0.15) is 0 Å². The van der Waals surface area contributed by atoms with Crippen molar-refractivity contribution < 1.29 is 0 Å². The lowest BCUT2D eigenvalue weighted by Gasteiger charge is -2.25. The Morgan fingerprint density at radius 3 is 2.61 bits per heavy atom. The molecule has 0 saturated heterocycles. The molecular formula is C19H26N4. The predicted octanol–water partition coefficient (Wildman–Crippen LogP) is 2.81. The fraction of sp³-hybridized carbons (Fsp3) is 0.368. The SMILES string of the molecule is Cc1ccccc1C(C)(C)CN=C(N)NCCc1ccccn1. The lowest BCUT2D eigenvalue weighted by atomic mass is 9.82. The Morgan fingerprint density at radius 2 is 1.91 bits per heavy atom. The topological polar surface area (TPSA) is 63.3 Å². The van der Waals surface area contributed by atoms with E-state index in [1.165, 1.54) is 11.1 Å². The van der Waals surface area contributed by atoms with E-state index in [1.54, 1.807) is 6.20 Å². The van der Waals surface area contributed by atoms with Crippen molar-refractivity contribution in [1.82, 2.24) is 10.3 Å². The first-order chi connectivity index (χ1) is 11.0. The molecule has 122 valence electrons. The first kappa shape index (κ1) is 17.0. The van der Waals surface area contributed by atoms with Crippen LogP contribution >= 0.6 is 0 Å².